The van der Waals surface area contributed by atoms with Gasteiger partial charge in [0.2, 0.25) is 0 Å². The van der Waals surface area contributed by atoms with E-state index in [1.165, 1.54) is 6.92 Å². The van der Waals surface area contributed by atoms with E-state index in [9.17, 15) is 4.79 Å². The molecule has 0 aromatic rings. The molecule has 0 spiro atoms. The fourth-order valence-corrected chi connectivity index (χ4v) is 1.41. The van der Waals surface area contributed by atoms with E-state index < -0.39 is 0 Å². The van der Waals surface area contributed by atoms with Crippen LogP contribution in [0.1, 0.15) is 6.92 Å². The molecule has 0 aromatic carbocycles. The maximum atomic E-state index is 10.7. The Kier molecular flexibility index (Phi) is 2.23. The Morgan fingerprint density at radius 2 is 2.43 bits per heavy atom. The summed E-state index contributed by atoms with van der Waals surface area (Å²) >= 11 is 0. The lowest BCUT2D eigenvalue weighted by Gasteiger charge is -2.25. The van der Waals surface area contributed by atoms with E-state index in [0.29, 0.717) is 5.76 Å². The summed E-state index contributed by atoms with van der Waals surface area (Å²) < 4.78 is 4.98. The number of hydrogen-bond acceptors (Lipinski definition) is 3. The van der Waals surface area contributed by atoms with Crippen LogP contribution >= 0.6 is 0 Å². The molecule has 0 radical (unpaired) electrons. The van der Waals surface area contributed by atoms with Gasteiger partial charge < -0.3 is 9.64 Å². The Balaban J connectivity index is 2.19. The molecule has 0 atom stereocenters. The molecule has 0 saturated heterocycles. The summed E-state index contributed by atoms with van der Waals surface area (Å²) in [7, 11) is 0. The van der Waals surface area contributed by atoms with Gasteiger partial charge in [0.05, 0.1) is 0 Å². The summed E-state index contributed by atoms with van der Waals surface area (Å²) in [5, 5.41) is 0. The van der Waals surface area contributed by atoms with Crippen LogP contribution in [0.25, 0.3) is 0 Å². The van der Waals surface area contributed by atoms with Crippen molar-refractivity contribution in [3.8, 4) is 0 Å². The molecule has 0 unspecified atom stereocenters. The fraction of sp³-hybridized carbons (Fsp3) is 0.182. The zero-order valence-corrected chi connectivity index (χ0v) is 7.93. The molecule has 0 aromatic heterocycles. The number of nitrogens with zero attached hydrogens (tertiary/aromatic N) is 1. The Morgan fingerprint density at radius 1 is 1.57 bits per heavy atom. The Hall–Kier alpha value is -1.77. The normalized spacial score (nSPS) is 18.5. The minimum absolute atomic E-state index is 0.290. The summed E-state index contributed by atoms with van der Waals surface area (Å²) in [4.78, 5) is 12.8. The first kappa shape index (κ1) is 8.81. The number of fused-ring (bicyclic) bond motifs is 1. The number of allylic oxidation sites excluding steroid dienone is 4. The highest BCUT2D eigenvalue weighted by atomic mass is 16.5. The molecule has 2 heterocycles. The van der Waals surface area contributed by atoms with Crippen LogP contribution in [-0.2, 0) is 9.53 Å². The summed E-state index contributed by atoms with van der Waals surface area (Å²) in [5.41, 5.74) is 1.05. The lowest BCUT2D eigenvalue weighted by atomic mass is 10.2. The highest BCUT2D eigenvalue weighted by Crippen LogP contribution is 2.20. The molecule has 0 saturated carbocycles. The van der Waals surface area contributed by atoms with Gasteiger partial charge in [0.25, 0.3) is 0 Å². The van der Waals surface area contributed by atoms with Crippen LogP contribution in [0.4, 0.5) is 0 Å². The third-order valence-corrected chi connectivity index (χ3v) is 2.01. The van der Waals surface area contributed by atoms with Gasteiger partial charge in [-0.25, -0.2) is 0 Å². The van der Waals surface area contributed by atoms with Crippen molar-refractivity contribution < 1.29 is 9.53 Å². The SMILES string of the molecule is CC(=O)OC1=CC2=CC=CCN2C=C1. The van der Waals surface area contributed by atoms with Crippen molar-refractivity contribution in [2.75, 3.05) is 6.54 Å². The van der Waals surface area contributed by atoms with Gasteiger partial charge in [0.1, 0.15) is 5.76 Å². The molecular weight excluding hydrogens is 178 g/mol. The van der Waals surface area contributed by atoms with Gasteiger partial charge in [-0.3, -0.25) is 4.79 Å². The van der Waals surface area contributed by atoms with Crippen molar-refractivity contribution in [2.24, 2.45) is 0 Å². The van der Waals surface area contributed by atoms with Crippen molar-refractivity contribution in [1.29, 1.82) is 0 Å². The number of esters is 1. The average Bonchev–Trinajstić information content (AvgIpc) is 2.17. The smallest absolute Gasteiger partial charge is 0.308 e. The zero-order valence-electron chi connectivity index (χ0n) is 7.93. The quantitative estimate of drug-likeness (QED) is 0.588. The van der Waals surface area contributed by atoms with Gasteiger partial charge in [0.15, 0.2) is 0 Å². The molecule has 0 fully saturated rings. The number of carbonyl (C=O) groups excluding carboxylic acids is 1. The molecule has 0 bridgehead atoms. The maximum absolute atomic E-state index is 10.7. The lowest BCUT2D eigenvalue weighted by Crippen LogP contribution is -2.20. The Morgan fingerprint density at radius 3 is 3.21 bits per heavy atom. The van der Waals surface area contributed by atoms with Crippen molar-refractivity contribution >= 4 is 5.97 Å². The van der Waals surface area contributed by atoms with E-state index in [-0.39, 0.29) is 5.97 Å². The first-order valence-electron chi connectivity index (χ1n) is 4.47. The summed E-state index contributed by atoms with van der Waals surface area (Å²) in [6.45, 7) is 2.27. The van der Waals surface area contributed by atoms with Crippen LogP contribution in [0, 0.1) is 0 Å². The standard InChI is InChI=1S/C11H11NO2/c1-9(13)14-11-5-7-12-6-3-2-4-10(12)8-11/h2-5,7-8H,6H2,1H3. The van der Waals surface area contributed by atoms with Gasteiger partial charge >= 0.3 is 5.97 Å². The van der Waals surface area contributed by atoms with E-state index in [0.717, 1.165) is 12.2 Å². The number of carbonyl (C=O) groups is 1. The molecule has 3 heteroatoms. The van der Waals surface area contributed by atoms with Gasteiger partial charge in [0, 0.05) is 31.4 Å². The van der Waals surface area contributed by atoms with Crippen LogP contribution in [0.5, 0.6) is 0 Å². The molecule has 2 aliphatic rings. The molecule has 0 aliphatic carbocycles. The summed E-state index contributed by atoms with van der Waals surface area (Å²) in [6.07, 6.45) is 11.6. The van der Waals surface area contributed by atoms with E-state index in [2.05, 4.69) is 11.0 Å². The van der Waals surface area contributed by atoms with Crippen LogP contribution in [0.2, 0.25) is 0 Å². The fourth-order valence-electron chi connectivity index (χ4n) is 1.41. The van der Waals surface area contributed by atoms with Crippen LogP contribution in [-0.4, -0.2) is 17.4 Å². The Labute approximate surface area is 82.7 Å². The Bertz CT molecular complexity index is 375. The molecule has 2 aliphatic heterocycles. The van der Waals surface area contributed by atoms with Gasteiger partial charge in [-0.1, -0.05) is 12.2 Å². The monoisotopic (exact) mass is 189 g/mol. The minimum Gasteiger partial charge on any atom is -0.427 e. The zero-order chi connectivity index (χ0) is 9.97. The number of hydrogen-bond donors (Lipinski definition) is 0. The van der Waals surface area contributed by atoms with Gasteiger partial charge in [-0.2, -0.15) is 0 Å². The maximum Gasteiger partial charge on any atom is 0.308 e. The molecular formula is C11H11NO2. The third-order valence-electron chi connectivity index (χ3n) is 2.01. The van der Waals surface area contributed by atoms with Gasteiger partial charge in [-0.15, -0.1) is 0 Å². The van der Waals surface area contributed by atoms with Crippen molar-refractivity contribution in [1.82, 2.24) is 4.90 Å². The summed E-state index contributed by atoms with van der Waals surface area (Å²) in [5.74, 6) is 0.302. The first-order valence-corrected chi connectivity index (χ1v) is 4.47. The van der Waals surface area contributed by atoms with Crippen molar-refractivity contribution in [3.63, 3.8) is 0 Å². The highest BCUT2D eigenvalue weighted by molar-refractivity contribution is 5.68. The van der Waals surface area contributed by atoms with Crippen LogP contribution in [0.3, 0.4) is 0 Å². The molecule has 0 N–H and O–H groups in total. The average molecular weight is 189 g/mol. The number of rotatable bonds is 1. The van der Waals surface area contributed by atoms with Crippen LogP contribution < -0.4 is 0 Å². The second-order valence-electron chi connectivity index (χ2n) is 3.13. The highest BCUT2D eigenvalue weighted by Gasteiger charge is 2.12. The van der Waals surface area contributed by atoms with Gasteiger partial charge in [-0.05, 0) is 12.2 Å². The third kappa shape index (κ3) is 1.76. The summed E-state index contributed by atoms with van der Waals surface area (Å²) in [6, 6.07) is 0. The predicted octanol–water partition coefficient (Wildman–Crippen LogP) is 1.72. The lowest BCUT2D eigenvalue weighted by molar-refractivity contribution is -0.136. The van der Waals surface area contributed by atoms with E-state index >= 15 is 0 Å². The van der Waals surface area contributed by atoms with Crippen molar-refractivity contribution in [2.45, 2.75) is 6.92 Å². The predicted molar refractivity (Wildman–Crippen MR) is 52.9 cm³/mol. The second kappa shape index (κ2) is 3.54. The minimum atomic E-state index is -0.290. The molecule has 2 rings (SSSR count). The molecule has 3 nitrogen and oxygen atoms in total. The molecule has 72 valence electrons. The van der Waals surface area contributed by atoms with Crippen LogP contribution in [0.15, 0.2) is 48.0 Å². The van der Waals surface area contributed by atoms with E-state index in [1.54, 1.807) is 6.08 Å². The molecule has 0 amide bonds. The first-order chi connectivity index (χ1) is 6.75. The molecule has 14 heavy (non-hydrogen) atoms. The second-order valence-corrected chi connectivity index (χ2v) is 3.13. The van der Waals surface area contributed by atoms with E-state index in [1.807, 2.05) is 24.4 Å². The van der Waals surface area contributed by atoms with Crippen molar-refractivity contribution in [3.05, 3.63) is 48.0 Å². The van der Waals surface area contributed by atoms with E-state index in [4.69, 9.17) is 4.74 Å². The topological polar surface area (TPSA) is 29.5 Å². The number of ether oxygens (including phenoxy) is 1. The largest absolute Gasteiger partial charge is 0.427 e.